The van der Waals surface area contributed by atoms with Gasteiger partial charge in [0.05, 0.1) is 12.5 Å². The van der Waals surface area contributed by atoms with Crippen molar-refractivity contribution in [3.63, 3.8) is 0 Å². The second kappa shape index (κ2) is 7.74. The van der Waals surface area contributed by atoms with Gasteiger partial charge in [0, 0.05) is 33.5 Å². The molecular formula is C25H22FNO2S. The topological polar surface area (TPSA) is 45.2 Å². The SMILES string of the molecule is Cc1c(C(C2=C(O)C(Cc3ccccc3)OC2)c2cccs2)[nH]c2ccc(F)cc12. The minimum atomic E-state index is -0.355. The van der Waals surface area contributed by atoms with E-state index in [0.29, 0.717) is 18.8 Å². The summed E-state index contributed by atoms with van der Waals surface area (Å²) >= 11 is 1.65. The minimum Gasteiger partial charge on any atom is -0.509 e. The summed E-state index contributed by atoms with van der Waals surface area (Å²) in [4.78, 5) is 4.60. The molecular weight excluding hydrogens is 397 g/mol. The van der Waals surface area contributed by atoms with E-state index in [9.17, 15) is 9.50 Å². The standard InChI is InChI=1S/C25H22FNO2S/c1-15-18-13-17(26)9-10-20(18)27-24(15)23(22-8-5-11-30-22)19-14-29-21(25(19)28)12-16-6-3-2-4-7-16/h2-11,13,21,23,27-28H,12,14H2,1H3. The number of thiophene rings is 1. The molecule has 0 radical (unpaired) electrons. The van der Waals surface area contributed by atoms with Crippen LogP contribution >= 0.6 is 11.3 Å². The van der Waals surface area contributed by atoms with E-state index in [1.54, 1.807) is 23.5 Å². The van der Waals surface area contributed by atoms with Gasteiger partial charge in [0.2, 0.25) is 0 Å². The Bertz CT molecular complexity index is 1210. The van der Waals surface area contributed by atoms with Gasteiger partial charge in [-0.25, -0.2) is 4.39 Å². The highest BCUT2D eigenvalue weighted by Gasteiger charge is 2.34. The zero-order chi connectivity index (χ0) is 20.7. The quantitative estimate of drug-likeness (QED) is 0.401. The number of halogens is 1. The van der Waals surface area contributed by atoms with Gasteiger partial charge in [0.15, 0.2) is 0 Å². The van der Waals surface area contributed by atoms with Crippen LogP contribution < -0.4 is 0 Å². The second-order valence-electron chi connectivity index (χ2n) is 7.70. The van der Waals surface area contributed by atoms with E-state index >= 15 is 0 Å². The first-order chi connectivity index (χ1) is 14.6. The smallest absolute Gasteiger partial charge is 0.124 e. The van der Waals surface area contributed by atoms with Crippen LogP contribution in [0.25, 0.3) is 10.9 Å². The van der Waals surface area contributed by atoms with Crippen LogP contribution in [0.1, 0.15) is 27.6 Å². The number of benzene rings is 2. The largest absolute Gasteiger partial charge is 0.509 e. The molecule has 1 aliphatic rings. The number of aliphatic hydroxyl groups is 1. The summed E-state index contributed by atoms with van der Waals surface area (Å²) in [5, 5.41) is 14.0. The second-order valence-corrected chi connectivity index (χ2v) is 8.68. The highest BCUT2D eigenvalue weighted by molar-refractivity contribution is 7.10. The fourth-order valence-corrected chi connectivity index (χ4v) is 5.18. The van der Waals surface area contributed by atoms with Crippen molar-refractivity contribution < 1.29 is 14.2 Å². The van der Waals surface area contributed by atoms with Crippen LogP contribution in [0.15, 0.2) is 77.4 Å². The van der Waals surface area contributed by atoms with Crippen LogP contribution in [0.2, 0.25) is 0 Å². The molecule has 2 aromatic heterocycles. The van der Waals surface area contributed by atoms with Gasteiger partial charge < -0.3 is 14.8 Å². The normalized spacial score (nSPS) is 17.7. The number of fused-ring (bicyclic) bond motifs is 1. The van der Waals surface area contributed by atoms with E-state index in [2.05, 4.69) is 11.1 Å². The Balaban J connectivity index is 1.58. The Morgan fingerprint density at radius 2 is 2.00 bits per heavy atom. The van der Waals surface area contributed by atoms with E-state index in [1.165, 1.54) is 6.07 Å². The number of hydrogen-bond acceptors (Lipinski definition) is 3. The minimum absolute atomic E-state index is 0.152. The van der Waals surface area contributed by atoms with Crippen molar-refractivity contribution in [3.8, 4) is 0 Å². The van der Waals surface area contributed by atoms with E-state index in [4.69, 9.17) is 4.74 Å². The molecule has 30 heavy (non-hydrogen) atoms. The predicted octanol–water partition coefficient (Wildman–Crippen LogP) is 6.26. The number of hydrogen-bond donors (Lipinski definition) is 2. The monoisotopic (exact) mass is 419 g/mol. The molecule has 0 saturated carbocycles. The van der Waals surface area contributed by atoms with Gasteiger partial charge in [-0.05, 0) is 47.7 Å². The molecule has 0 spiro atoms. The number of aryl methyl sites for hydroxylation is 1. The predicted molar refractivity (Wildman–Crippen MR) is 119 cm³/mol. The van der Waals surface area contributed by atoms with Crippen LogP contribution in [0.5, 0.6) is 0 Å². The van der Waals surface area contributed by atoms with Crippen molar-refractivity contribution in [1.29, 1.82) is 0 Å². The van der Waals surface area contributed by atoms with Crippen LogP contribution in [-0.4, -0.2) is 22.8 Å². The van der Waals surface area contributed by atoms with Crippen molar-refractivity contribution in [2.24, 2.45) is 0 Å². The van der Waals surface area contributed by atoms with Crippen LogP contribution in [0.4, 0.5) is 4.39 Å². The third kappa shape index (κ3) is 3.34. The first kappa shape index (κ1) is 19.1. The van der Waals surface area contributed by atoms with Crippen LogP contribution in [0.3, 0.4) is 0 Å². The Hall–Kier alpha value is -2.89. The summed E-state index contributed by atoms with van der Waals surface area (Å²) in [7, 11) is 0. The average Bonchev–Trinajstić information content (AvgIpc) is 3.47. The van der Waals surface area contributed by atoms with Crippen LogP contribution in [-0.2, 0) is 11.2 Å². The summed E-state index contributed by atoms with van der Waals surface area (Å²) in [6.07, 6.45) is 0.275. The summed E-state index contributed by atoms with van der Waals surface area (Å²) in [6, 6.07) is 18.9. The number of aromatic nitrogens is 1. The van der Waals surface area contributed by atoms with Gasteiger partial charge in [-0.15, -0.1) is 11.3 Å². The molecule has 0 aliphatic carbocycles. The van der Waals surface area contributed by atoms with Crippen molar-refractivity contribution >= 4 is 22.2 Å². The number of ether oxygens (including phenoxy) is 1. The van der Waals surface area contributed by atoms with Crippen molar-refractivity contribution in [3.05, 3.63) is 105 Å². The Morgan fingerprint density at radius 1 is 1.17 bits per heavy atom. The van der Waals surface area contributed by atoms with E-state index < -0.39 is 0 Å². The molecule has 0 fully saturated rings. The molecule has 0 saturated heterocycles. The van der Waals surface area contributed by atoms with Gasteiger partial charge in [0.25, 0.3) is 0 Å². The number of rotatable bonds is 5. The molecule has 5 rings (SSSR count). The van der Waals surface area contributed by atoms with Gasteiger partial charge >= 0.3 is 0 Å². The fraction of sp³-hybridized carbons (Fsp3) is 0.200. The summed E-state index contributed by atoms with van der Waals surface area (Å²) < 4.78 is 19.9. The Kier molecular flexibility index (Phi) is 4.93. The molecule has 1 aliphatic heterocycles. The third-order valence-corrected chi connectivity index (χ3v) is 6.80. The molecule has 2 N–H and O–H groups in total. The summed E-state index contributed by atoms with van der Waals surface area (Å²) in [5.41, 5.74) is 4.86. The van der Waals surface area contributed by atoms with Crippen molar-refractivity contribution in [2.75, 3.05) is 6.61 Å². The van der Waals surface area contributed by atoms with Crippen molar-refractivity contribution in [2.45, 2.75) is 25.4 Å². The number of H-pyrrole nitrogens is 1. The fourth-order valence-electron chi connectivity index (χ4n) is 4.32. The maximum absolute atomic E-state index is 13.8. The highest BCUT2D eigenvalue weighted by atomic mass is 32.1. The first-order valence-corrected chi connectivity index (χ1v) is 10.9. The van der Waals surface area contributed by atoms with E-state index in [0.717, 1.165) is 38.2 Å². The van der Waals surface area contributed by atoms with Crippen molar-refractivity contribution in [1.82, 2.24) is 4.98 Å². The molecule has 2 unspecified atom stereocenters. The Morgan fingerprint density at radius 3 is 2.77 bits per heavy atom. The van der Waals surface area contributed by atoms with E-state index in [1.807, 2.05) is 48.7 Å². The lowest BCUT2D eigenvalue weighted by atomic mass is 9.90. The van der Waals surface area contributed by atoms with E-state index in [-0.39, 0.29) is 17.8 Å². The molecule has 3 heterocycles. The molecule has 3 nitrogen and oxygen atoms in total. The zero-order valence-electron chi connectivity index (χ0n) is 16.6. The molecule has 152 valence electrons. The van der Waals surface area contributed by atoms with Gasteiger partial charge in [0.1, 0.15) is 17.7 Å². The molecule has 2 atom stereocenters. The first-order valence-electron chi connectivity index (χ1n) is 10.0. The lowest BCUT2D eigenvalue weighted by molar-refractivity contribution is 0.0949. The lowest BCUT2D eigenvalue weighted by Crippen LogP contribution is -2.13. The number of nitrogens with one attached hydrogen (secondary N) is 1. The number of aliphatic hydroxyl groups excluding tert-OH is 1. The molecule has 0 amide bonds. The Labute approximate surface area is 178 Å². The van der Waals surface area contributed by atoms with Crippen LogP contribution in [0, 0.1) is 12.7 Å². The van der Waals surface area contributed by atoms with Gasteiger partial charge in [-0.1, -0.05) is 36.4 Å². The lowest BCUT2D eigenvalue weighted by Gasteiger charge is -2.17. The highest BCUT2D eigenvalue weighted by Crippen LogP contribution is 2.42. The summed E-state index contributed by atoms with van der Waals surface area (Å²) in [5.74, 6) is -0.0965. The third-order valence-electron chi connectivity index (χ3n) is 5.86. The zero-order valence-corrected chi connectivity index (χ0v) is 17.4. The maximum atomic E-state index is 13.8. The number of aromatic amines is 1. The maximum Gasteiger partial charge on any atom is 0.124 e. The molecule has 4 aromatic rings. The van der Waals surface area contributed by atoms with Gasteiger partial charge in [-0.2, -0.15) is 0 Å². The molecule has 5 heteroatoms. The van der Waals surface area contributed by atoms with Gasteiger partial charge in [-0.3, -0.25) is 0 Å². The summed E-state index contributed by atoms with van der Waals surface area (Å²) in [6.45, 7) is 2.37. The average molecular weight is 420 g/mol. The molecule has 0 bridgehead atoms. The molecule has 2 aromatic carbocycles.